The summed E-state index contributed by atoms with van der Waals surface area (Å²) in [6.45, 7) is 5.25. The van der Waals surface area contributed by atoms with Gasteiger partial charge in [-0.1, -0.05) is 30.3 Å². The van der Waals surface area contributed by atoms with E-state index in [1.54, 1.807) is 36.4 Å². The predicted molar refractivity (Wildman–Crippen MR) is 83.6 cm³/mol. The van der Waals surface area contributed by atoms with E-state index in [2.05, 4.69) is 20.4 Å². The van der Waals surface area contributed by atoms with Gasteiger partial charge in [0.05, 0.1) is 11.2 Å². The molecule has 1 heterocycles. The Hall–Kier alpha value is -2.83. The summed E-state index contributed by atoms with van der Waals surface area (Å²) in [4.78, 5) is 12.3. The Labute approximate surface area is 128 Å². The van der Waals surface area contributed by atoms with Gasteiger partial charge >= 0.3 is 5.63 Å². The van der Waals surface area contributed by atoms with Crippen LogP contribution in [0.25, 0.3) is 10.4 Å². The molecule has 0 bridgehead atoms. The maximum Gasteiger partial charge on any atom is 0.335 e. The smallest absolute Gasteiger partial charge is 0.335 e. The molecule has 0 amide bonds. The maximum absolute atomic E-state index is 11.0. The number of nitrogens with zero attached hydrogens (tertiary/aromatic N) is 3. The zero-order valence-corrected chi connectivity index (χ0v) is 12.7. The minimum Gasteiger partial charge on any atom is -0.431 e. The summed E-state index contributed by atoms with van der Waals surface area (Å²) in [7, 11) is -3.80. The maximum atomic E-state index is 11.0. The monoisotopic (exact) mass is 321 g/mol. The molecule has 7 nitrogen and oxygen atoms in total. The van der Waals surface area contributed by atoms with Crippen LogP contribution in [0.5, 0.6) is 0 Å². The highest BCUT2D eigenvalue weighted by molar-refractivity contribution is 7.90. The molecule has 116 valence electrons. The number of hydrogen-bond donors (Lipinski definition) is 0. The fraction of sp³-hybridized carbons (Fsp3) is 0.0714. The van der Waals surface area contributed by atoms with Crippen molar-refractivity contribution < 1.29 is 12.8 Å². The lowest BCUT2D eigenvalue weighted by molar-refractivity contribution is 0.510. The van der Waals surface area contributed by atoms with E-state index in [4.69, 9.17) is 5.53 Å². The second-order valence-corrected chi connectivity index (χ2v) is 5.08. The Morgan fingerprint density at radius 1 is 1.18 bits per heavy atom. The van der Waals surface area contributed by atoms with Crippen molar-refractivity contribution in [3.05, 3.63) is 88.3 Å². The van der Waals surface area contributed by atoms with Crippen LogP contribution in [0.3, 0.4) is 0 Å². The molecule has 0 aliphatic heterocycles. The Morgan fingerprint density at radius 2 is 1.73 bits per heavy atom. The first-order valence-corrected chi connectivity index (χ1v) is 7.39. The molecule has 0 saturated carbocycles. The van der Waals surface area contributed by atoms with E-state index >= 15 is 0 Å². The molecule has 8 heteroatoms. The largest absolute Gasteiger partial charge is 0.431 e. The molecule has 2 rings (SSSR count). The number of rotatable bonds is 2. The van der Waals surface area contributed by atoms with E-state index in [9.17, 15) is 13.2 Å². The lowest BCUT2D eigenvalue weighted by Gasteiger charge is -1.93. The van der Waals surface area contributed by atoms with E-state index in [0.29, 0.717) is 0 Å². The normalized spacial score (nSPS) is 8.95. The van der Waals surface area contributed by atoms with Gasteiger partial charge in [-0.2, -0.15) is 0 Å². The number of benzene rings is 1. The lowest BCUT2D eigenvalue weighted by atomic mass is 10.4. The van der Waals surface area contributed by atoms with Crippen LogP contribution in [0.15, 0.2) is 86.1 Å². The van der Waals surface area contributed by atoms with Gasteiger partial charge in [0, 0.05) is 15.5 Å². The van der Waals surface area contributed by atoms with Crippen molar-refractivity contribution in [2.75, 3.05) is 0 Å². The van der Waals surface area contributed by atoms with Gasteiger partial charge in [0.2, 0.25) is 0 Å². The molecule has 0 aliphatic rings. The van der Waals surface area contributed by atoms with Crippen molar-refractivity contribution in [1.82, 2.24) is 0 Å². The van der Waals surface area contributed by atoms with E-state index in [-0.39, 0.29) is 10.5 Å². The average molecular weight is 321 g/mol. The van der Waals surface area contributed by atoms with Crippen LogP contribution in [0.2, 0.25) is 0 Å². The lowest BCUT2D eigenvalue weighted by Crippen LogP contribution is -1.93. The highest BCUT2D eigenvalue weighted by Gasteiger charge is 2.09. The van der Waals surface area contributed by atoms with Crippen molar-refractivity contribution in [2.24, 2.45) is 4.52 Å². The van der Waals surface area contributed by atoms with Gasteiger partial charge in [0.1, 0.15) is 0 Å². The summed E-state index contributed by atoms with van der Waals surface area (Å²) in [5, 5.41) is 0. The third-order valence-corrected chi connectivity index (χ3v) is 2.95. The fourth-order valence-electron chi connectivity index (χ4n) is 1.01. The number of allylic oxidation sites excluding steroid dienone is 1. The molecule has 0 fully saturated rings. The van der Waals surface area contributed by atoms with Crippen molar-refractivity contribution in [3.8, 4) is 0 Å². The van der Waals surface area contributed by atoms with Gasteiger partial charge < -0.3 is 4.42 Å². The van der Waals surface area contributed by atoms with E-state index < -0.39 is 10.0 Å². The quantitative estimate of drug-likeness (QED) is 0.364. The van der Waals surface area contributed by atoms with Gasteiger partial charge in [-0.05, 0) is 30.7 Å². The van der Waals surface area contributed by atoms with Crippen LogP contribution < -0.4 is 5.63 Å². The van der Waals surface area contributed by atoms with Crippen LogP contribution in [0, 0.1) is 0 Å². The van der Waals surface area contributed by atoms with E-state index in [1.807, 2.05) is 6.92 Å². The third-order valence-electron chi connectivity index (χ3n) is 1.79. The molecule has 0 aliphatic carbocycles. The molecule has 2 aromatic rings. The summed E-state index contributed by atoms with van der Waals surface area (Å²) in [6, 6.07) is 12.2. The van der Waals surface area contributed by atoms with Crippen molar-refractivity contribution in [2.45, 2.75) is 11.8 Å². The second kappa shape index (κ2) is 10.9. The van der Waals surface area contributed by atoms with E-state index in [0.717, 1.165) is 0 Å². The number of azide groups is 1. The first-order valence-electron chi connectivity index (χ1n) is 5.95. The Kier molecular flexibility index (Phi) is 9.50. The molecule has 0 saturated heterocycles. The molecule has 0 radical (unpaired) electrons. The summed E-state index contributed by atoms with van der Waals surface area (Å²) >= 11 is 0. The zero-order valence-electron chi connectivity index (χ0n) is 11.9. The van der Waals surface area contributed by atoms with Crippen molar-refractivity contribution in [1.29, 1.82) is 0 Å². The Morgan fingerprint density at radius 3 is 2.09 bits per heavy atom. The zero-order chi connectivity index (χ0) is 16.8. The minimum absolute atomic E-state index is 0.00259. The molecule has 0 atom stereocenters. The van der Waals surface area contributed by atoms with Crippen molar-refractivity contribution >= 4 is 10.0 Å². The summed E-state index contributed by atoms with van der Waals surface area (Å²) in [6.07, 6.45) is 3.10. The Bertz CT molecular complexity index is 746. The van der Waals surface area contributed by atoms with Crippen LogP contribution >= 0.6 is 0 Å². The topological polar surface area (TPSA) is 113 Å². The summed E-state index contributed by atoms with van der Waals surface area (Å²) in [5.74, 6) is 0. The van der Waals surface area contributed by atoms with Crippen LogP contribution in [-0.2, 0) is 10.0 Å². The molecule has 1 aromatic carbocycles. The molecular formula is C14H15N3O4S. The molecule has 0 unspecified atom stereocenters. The molecular weight excluding hydrogens is 306 g/mol. The first kappa shape index (κ1) is 19.2. The first-order chi connectivity index (χ1) is 10.5. The molecule has 0 spiro atoms. The van der Waals surface area contributed by atoms with Crippen LogP contribution in [0.1, 0.15) is 6.92 Å². The summed E-state index contributed by atoms with van der Waals surface area (Å²) in [5.41, 5.74) is 7.64. The molecule has 22 heavy (non-hydrogen) atoms. The highest BCUT2D eigenvalue weighted by Crippen LogP contribution is 2.10. The number of hydrogen-bond acceptors (Lipinski definition) is 4. The van der Waals surface area contributed by atoms with Gasteiger partial charge in [0.25, 0.3) is 10.0 Å². The minimum atomic E-state index is -3.80. The van der Waals surface area contributed by atoms with E-state index in [1.165, 1.54) is 24.5 Å². The SMILES string of the molecule is C=CC.O=c1cccco1.[N-]=[N+]=NS(=O)(=O)c1ccccc1. The molecule has 0 N–H and O–H groups in total. The Balaban J connectivity index is 0.000000372. The van der Waals surface area contributed by atoms with Crippen LogP contribution in [-0.4, -0.2) is 8.42 Å². The van der Waals surface area contributed by atoms with Gasteiger partial charge in [-0.25, -0.2) is 13.2 Å². The fourth-order valence-corrected chi connectivity index (χ4v) is 1.70. The highest BCUT2D eigenvalue weighted by atomic mass is 32.2. The number of sulfonamides is 1. The third kappa shape index (κ3) is 8.36. The van der Waals surface area contributed by atoms with Gasteiger partial charge in [0.15, 0.2) is 0 Å². The predicted octanol–water partition coefficient (Wildman–Crippen LogP) is 3.52. The average Bonchev–Trinajstić information content (AvgIpc) is 2.50. The van der Waals surface area contributed by atoms with Gasteiger partial charge in [-0.15, -0.1) is 6.58 Å². The summed E-state index contributed by atoms with van der Waals surface area (Å²) < 4.78 is 29.1. The second-order valence-electron chi connectivity index (χ2n) is 3.49. The van der Waals surface area contributed by atoms with Crippen molar-refractivity contribution in [3.63, 3.8) is 0 Å². The standard InChI is InChI=1S/C6H5N3O2S.C5H4O2.C3H6/c7-8-9-12(10,11)6-4-2-1-3-5-6;6-5-3-1-2-4-7-5;1-3-2/h1-5H;1-4H;3H,1H2,2H3. The molecule has 1 aromatic heterocycles. The van der Waals surface area contributed by atoms with Gasteiger partial charge in [-0.3, -0.25) is 0 Å². The van der Waals surface area contributed by atoms with Crippen LogP contribution in [0.4, 0.5) is 0 Å².